The van der Waals surface area contributed by atoms with Crippen molar-refractivity contribution < 1.29 is 30.3 Å². The minimum Gasteiger partial charge on any atom is -0.394 e. The van der Waals surface area contributed by atoms with Gasteiger partial charge in [-0.15, -0.1) is 0 Å². The predicted octanol–water partition coefficient (Wildman–Crippen LogP) is -3.38. The molecule has 0 saturated heterocycles. The molecule has 3 atom stereocenters. The van der Waals surface area contributed by atoms with Crippen LogP contribution in [-0.2, 0) is 4.79 Å². The second kappa shape index (κ2) is 5.18. The van der Waals surface area contributed by atoms with E-state index in [2.05, 4.69) is 0 Å². The maximum Gasteiger partial charge on any atom is 0.189 e. The standard InChI is InChI=1S/C6H12O6/c7-1-3(9)5(11)6(12)4(10)2-8/h3,5-9,11-12H,1-2H2/t3-,5-,6-/m1/s1/i5+2,6+2. The molecule has 12 heavy (non-hydrogen) atoms. The quantitative estimate of drug-likeness (QED) is 0.304. The summed E-state index contributed by atoms with van der Waals surface area (Å²) in [5.74, 6) is -1.00. The molecule has 0 heterocycles. The summed E-state index contributed by atoms with van der Waals surface area (Å²) < 4.78 is 0. The van der Waals surface area contributed by atoms with Gasteiger partial charge in [-0.05, 0) is 0 Å². The number of hydrogen-bond donors (Lipinski definition) is 5. The summed E-state index contributed by atoms with van der Waals surface area (Å²) in [6.45, 7) is -1.69. The number of ketones is 1. The molecule has 0 aliphatic carbocycles. The van der Waals surface area contributed by atoms with E-state index in [1.54, 1.807) is 0 Å². The van der Waals surface area contributed by atoms with Crippen molar-refractivity contribution in [1.82, 2.24) is 0 Å². The Kier molecular flexibility index (Phi) is 4.95. The van der Waals surface area contributed by atoms with Crippen LogP contribution in [0.1, 0.15) is 0 Å². The Bertz CT molecular complexity index is 147. The second-order valence-electron chi connectivity index (χ2n) is 2.31. The van der Waals surface area contributed by atoms with Gasteiger partial charge in [0.1, 0.15) is 24.9 Å². The zero-order valence-electron chi connectivity index (χ0n) is 6.29. The molecule has 0 aromatic heterocycles. The van der Waals surface area contributed by atoms with Gasteiger partial charge in [0.15, 0.2) is 5.78 Å². The van der Waals surface area contributed by atoms with Gasteiger partial charge in [-0.3, -0.25) is 4.79 Å². The number of carbonyl (C=O) groups is 1. The van der Waals surface area contributed by atoms with Gasteiger partial charge in [-0.1, -0.05) is 0 Å². The Balaban J connectivity index is 4.08. The molecule has 0 radical (unpaired) electrons. The Morgan fingerprint density at radius 1 is 1.33 bits per heavy atom. The van der Waals surface area contributed by atoms with Crippen LogP contribution in [0, 0.1) is 0 Å². The normalized spacial score (nSPS) is 18.4. The number of rotatable bonds is 5. The summed E-state index contributed by atoms with van der Waals surface area (Å²) in [4.78, 5) is 10.5. The zero-order valence-corrected chi connectivity index (χ0v) is 6.29. The molecule has 0 amide bonds. The molecule has 0 unspecified atom stereocenters. The first-order valence-corrected chi connectivity index (χ1v) is 3.33. The number of carbonyl (C=O) groups excluding carboxylic acids is 1. The lowest BCUT2D eigenvalue weighted by Gasteiger charge is -2.19. The van der Waals surface area contributed by atoms with Crippen molar-refractivity contribution in [1.29, 1.82) is 0 Å². The van der Waals surface area contributed by atoms with Gasteiger partial charge < -0.3 is 25.5 Å². The lowest BCUT2D eigenvalue weighted by molar-refractivity contribution is -0.142. The van der Waals surface area contributed by atoms with Crippen LogP contribution in [0.15, 0.2) is 0 Å². The molecule has 5 N–H and O–H groups in total. The Morgan fingerprint density at radius 2 is 1.83 bits per heavy atom. The average Bonchev–Trinajstić information content (AvgIpc) is 2.12. The zero-order chi connectivity index (χ0) is 9.72. The minimum atomic E-state index is -1.86. The number of aliphatic hydroxyl groups excluding tert-OH is 5. The van der Waals surface area contributed by atoms with Gasteiger partial charge in [0, 0.05) is 0 Å². The van der Waals surface area contributed by atoms with Crippen LogP contribution >= 0.6 is 0 Å². The van der Waals surface area contributed by atoms with Crippen LogP contribution in [0.3, 0.4) is 0 Å². The fourth-order valence-corrected chi connectivity index (χ4v) is 0.602. The number of aliphatic hydroxyl groups is 5. The van der Waals surface area contributed by atoms with E-state index >= 15 is 0 Å². The van der Waals surface area contributed by atoms with Gasteiger partial charge in [-0.25, -0.2) is 0 Å². The van der Waals surface area contributed by atoms with Gasteiger partial charge in [-0.2, -0.15) is 0 Å². The highest BCUT2D eigenvalue weighted by Gasteiger charge is 2.28. The van der Waals surface area contributed by atoms with Gasteiger partial charge in [0.05, 0.1) is 6.61 Å². The molecule has 6 heteroatoms. The highest BCUT2D eigenvalue weighted by Crippen LogP contribution is 2.00. The third-order valence-electron chi connectivity index (χ3n) is 1.39. The lowest BCUT2D eigenvalue weighted by Crippen LogP contribution is -2.44. The molecule has 0 spiro atoms. The van der Waals surface area contributed by atoms with E-state index in [0.29, 0.717) is 0 Å². The van der Waals surface area contributed by atoms with E-state index in [-0.39, 0.29) is 0 Å². The second-order valence-corrected chi connectivity index (χ2v) is 2.31. The highest BCUT2D eigenvalue weighted by molar-refractivity contribution is 5.84. The molecule has 0 saturated carbocycles. The summed E-state index contributed by atoms with van der Waals surface area (Å²) in [7, 11) is 0. The third-order valence-corrected chi connectivity index (χ3v) is 1.39. The van der Waals surface area contributed by atoms with Gasteiger partial charge in [0.25, 0.3) is 0 Å². The molecule has 0 rings (SSSR count). The molecule has 0 aromatic carbocycles. The van der Waals surface area contributed by atoms with Gasteiger partial charge in [0.2, 0.25) is 0 Å². The van der Waals surface area contributed by atoms with Crippen molar-refractivity contribution in [3.05, 3.63) is 0 Å². The van der Waals surface area contributed by atoms with E-state index in [0.717, 1.165) is 0 Å². The van der Waals surface area contributed by atoms with E-state index in [1.807, 2.05) is 0 Å². The molecule has 0 aliphatic rings. The Hall–Kier alpha value is -0.530. The average molecular weight is 184 g/mol. The Morgan fingerprint density at radius 3 is 2.17 bits per heavy atom. The molecular weight excluding hydrogens is 172 g/mol. The first kappa shape index (κ1) is 11.5. The van der Waals surface area contributed by atoms with E-state index in [9.17, 15) is 4.79 Å². The van der Waals surface area contributed by atoms with Crippen LogP contribution in [0.25, 0.3) is 0 Å². The lowest BCUT2D eigenvalue weighted by atomic mass is 10.6. The molecule has 72 valence electrons. The van der Waals surface area contributed by atoms with Crippen molar-refractivity contribution in [2.45, 2.75) is 18.3 Å². The largest absolute Gasteiger partial charge is 0.394 e. The summed E-state index contributed by atoms with van der Waals surface area (Å²) >= 11 is 0. The van der Waals surface area contributed by atoms with Crippen molar-refractivity contribution in [3.63, 3.8) is 0 Å². The van der Waals surface area contributed by atoms with E-state index in [1.165, 1.54) is 0 Å². The third kappa shape index (κ3) is 2.84. The van der Waals surface area contributed by atoms with E-state index in [4.69, 9.17) is 25.5 Å². The molecule has 0 fully saturated rings. The molecular formula is C6H12O6. The molecule has 0 aliphatic heterocycles. The predicted molar refractivity (Wildman–Crippen MR) is 37.2 cm³/mol. The molecule has 0 bridgehead atoms. The monoisotopic (exact) mass is 184 g/mol. The fraction of sp³-hybridized carbons (Fsp3) is 0.833. The Labute approximate surface area is 68.7 Å². The van der Waals surface area contributed by atoms with Crippen LogP contribution in [0.2, 0.25) is 0 Å². The van der Waals surface area contributed by atoms with Crippen LogP contribution in [0.4, 0.5) is 0 Å². The number of Topliss-reactive ketones (excluding diaryl/α,β-unsaturated/α-hetero) is 1. The highest BCUT2D eigenvalue weighted by atomic mass is 16.7. The molecule has 0 aromatic rings. The van der Waals surface area contributed by atoms with Crippen molar-refractivity contribution >= 4 is 5.78 Å². The first-order valence-electron chi connectivity index (χ1n) is 3.33. The van der Waals surface area contributed by atoms with Crippen molar-refractivity contribution in [2.75, 3.05) is 13.2 Å². The summed E-state index contributed by atoms with van der Waals surface area (Å²) in [6.07, 6.45) is -5.22. The molecule has 6 nitrogen and oxygen atoms in total. The van der Waals surface area contributed by atoms with Crippen LogP contribution in [-0.4, -0.2) is 62.8 Å². The van der Waals surface area contributed by atoms with E-state index < -0.39 is 37.3 Å². The first-order chi connectivity index (χ1) is 5.54. The van der Waals surface area contributed by atoms with Crippen LogP contribution < -0.4 is 0 Å². The summed E-state index contributed by atoms with van der Waals surface area (Å²) in [5, 5.41) is 43.1. The maximum atomic E-state index is 10.5. The minimum absolute atomic E-state index is 0.767. The summed E-state index contributed by atoms with van der Waals surface area (Å²) in [6, 6.07) is 0. The van der Waals surface area contributed by atoms with Crippen LogP contribution in [0.5, 0.6) is 0 Å². The maximum absolute atomic E-state index is 10.5. The fourth-order valence-electron chi connectivity index (χ4n) is 0.602. The topological polar surface area (TPSA) is 118 Å². The summed E-state index contributed by atoms with van der Waals surface area (Å²) in [5.41, 5.74) is 0. The number of hydrogen-bond acceptors (Lipinski definition) is 6. The van der Waals surface area contributed by atoms with Crippen molar-refractivity contribution in [3.8, 4) is 0 Å². The SMILES string of the molecule is O=C(CO)[14C@@H](O)[14C@H](O)[C@H](O)CO. The van der Waals surface area contributed by atoms with Crippen molar-refractivity contribution in [2.24, 2.45) is 0 Å². The smallest absolute Gasteiger partial charge is 0.189 e. The van der Waals surface area contributed by atoms with Gasteiger partial charge >= 0.3 is 0 Å².